The zero-order valence-electron chi connectivity index (χ0n) is 12.5. The quantitative estimate of drug-likeness (QED) is 0.911. The average molecular weight is 317 g/mol. The van der Waals surface area contributed by atoms with Gasteiger partial charge in [-0.3, -0.25) is 9.69 Å². The smallest absolute Gasteiger partial charge is 0.235 e. The van der Waals surface area contributed by atoms with Gasteiger partial charge >= 0.3 is 0 Å². The number of ether oxygens (including phenoxy) is 1. The molecule has 2 aromatic rings. The Balaban J connectivity index is 1.79. The summed E-state index contributed by atoms with van der Waals surface area (Å²) in [5, 5.41) is 2.97. The van der Waals surface area contributed by atoms with Crippen LogP contribution in [0, 0.1) is 0 Å². The summed E-state index contributed by atoms with van der Waals surface area (Å²) in [6.45, 7) is 1.87. The highest BCUT2D eigenvalue weighted by Gasteiger charge is 2.30. The van der Waals surface area contributed by atoms with Crippen LogP contribution in [0.3, 0.4) is 0 Å². The molecular weight excluding hydrogens is 298 g/mol. The number of hydrogen-bond acceptors (Lipinski definition) is 5. The van der Waals surface area contributed by atoms with E-state index in [1.807, 2.05) is 17.5 Å². The van der Waals surface area contributed by atoms with Crippen LogP contribution in [0.4, 0.5) is 0 Å². The monoisotopic (exact) mass is 317 g/mol. The summed E-state index contributed by atoms with van der Waals surface area (Å²) in [6, 6.07) is 7.94. The van der Waals surface area contributed by atoms with Gasteiger partial charge in [0.15, 0.2) is 0 Å². The van der Waals surface area contributed by atoms with Crippen molar-refractivity contribution >= 4 is 17.2 Å². The first-order valence-electron chi connectivity index (χ1n) is 7.19. The maximum absolute atomic E-state index is 11.8. The third-order valence-corrected chi connectivity index (χ3v) is 4.78. The second-order valence-corrected chi connectivity index (χ2v) is 6.40. The molecule has 1 unspecified atom stereocenters. The Hall–Kier alpha value is -1.76. The molecule has 0 bridgehead atoms. The first kappa shape index (κ1) is 15.1. The van der Waals surface area contributed by atoms with E-state index in [9.17, 15) is 4.79 Å². The lowest BCUT2D eigenvalue weighted by atomic mass is 9.93. The summed E-state index contributed by atoms with van der Waals surface area (Å²) in [5.41, 5.74) is 9.03. The lowest BCUT2D eigenvalue weighted by Crippen LogP contribution is -2.48. The summed E-state index contributed by atoms with van der Waals surface area (Å²) in [5.74, 6) is -0.276. The number of hydrogen-bond donors (Lipinski definition) is 1. The summed E-state index contributed by atoms with van der Waals surface area (Å²) in [6.07, 6.45) is 0.667. The fourth-order valence-corrected chi connectivity index (χ4v) is 3.60. The molecule has 3 rings (SSSR count). The first-order valence-corrected chi connectivity index (χ1v) is 8.07. The minimum Gasteiger partial charge on any atom is -0.378 e. The number of fused-ring (bicyclic) bond motifs is 1. The number of aromatic nitrogens is 1. The molecule has 116 valence electrons. The van der Waals surface area contributed by atoms with Gasteiger partial charge in [-0.1, -0.05) is 24.3 Å². The van der Waals surface area contributed by atoms with E-state index in [-0.39, 0.29) is 11.9 Å². The highest BCUT2D eigenvalue weighted by molar-refractivity contribution is 7.09. The molecule has 0 aliphatic carbocycles. The van der Waals surface area contributed by atoms with E-state index in [4.69, 9.17) is 10.5 Å². The van der Waals surface area contributed by atoms with Gasteiger partial charge in [-0.25, -0.2) is 4.98 Å². The standard InChI is InChI=1S/C16H19N3O2S/c1-21-9-15-18-13(10-22-15)8-19-7-12-5-3-2-4-11(12)6-14(19)16(17)20/h2-5,10,14H,6-9H2,1H3,(H2,17,20). The minimum absolute atomic E-state index is 0.275. The number of nitrogens with two attached hydrogens (primary N) is 1. The number of thiazole rings is 1. The second-order valence-electron chi connectivity index (χ2n) is 5.46. The van der Waals surface area contributed by atoms with Gasteiger partial charge in [0, 0.05) is 25.6 Å². The zero-order chi connectivity index (χ0) is 15.5. The Morgan fingerprint density at radius 1 is 1.45 bits per heavy atom. The zero-order valence-corrected chi connectivity index (χ0v) is 13.3. The molecule has 1 aromatic carbocycles. The molecule has 1 aliphatic heterocycles. The first-order chi connectivity index (χ1) is 10.7. The topological polar surface area (TPSA) is 68.4 Å². The fourth-order valence-electron chi connectivity index (χ4n) is 2.84. The number of rotatable bonds is 5. The SMILES string of the molecule is COCc1nc(CN2Cc3ccccc3CC2C(N)=O)cs1. The Morgan fingerprint density at radius 3 is 2.95 bits per heavy atom. The van der Waals surface area contributed by atoms with Crippen LogP contribution < -0.4 is 5.73 Å². The van der Waals surface area contributed by atoms with Crippen molar-refractivity contribution in [1.82, 2.24) is 9.88 Å². The van der Waals surface area contributed by atoms with Crippen LogP contribution in [-0.2, 0) is 35.6 Å². The van der Waals surface area contributed by atoms with Crippen LogP contribution >= 0.6 is 11.3 Å². The van der Waals surface area contributed by atoms with E-state index in [2.05, 4.69) is 22.0 Å². The van der Waals surface area contributed by atoms with E-state index >= 15 is 0 Å². The highest BCUT2D eigenvalue weighted by Crippen LogP contribution is 2.25. The molecule has 5 nitrogen and oxygen atoms in total. The highest BCUT2D eigenvalue weighted by atomic mass is 32.1. The molecule has 2 N–H and O–H groups in total. The molecule has 22 heavy (non-hydrogen) atoms. The number of benzene rings is 1. The van der Waals surface area contributed by atoms with Gasteiger partial charge in [0.1, 0.15) is 5.01 Å². The molecule has 1 aliphatic rings. The molecule has 0 spiro atoms. The maximum Gasteiger partial charge on any atom is 0.235 e. The Bertz CT molecular complexity index is 671. The van der Waals surface area contributed by atoms with Gasteiger partial charge in [0.25, 0.3) is 0 Å². The van der Waals surface area contributed by atoms with Crippen LogP contribution in [0.15, 0.2) is 29.6 Å². The number of carbonyl (C=O) groups is 1. The number of methoxy groups -OCH3 is 1. The lowest BCUT2D eigenvalue weighted by molar-refractivity contribution is -0.124. The normalized spacial score (nSPS) is 18.1. The molecule has 0 radical (unpaired) electrons. The number of carbonyl (C=O) groups excluding carboxylic acids is 1. The Morgan fingerprint density at radius 2 is 2.23 bits per heavy atom. The van der Waals surface area contributed by atoms with E-state index in [1.165, 1.54) is 11.1 Å². The van der Waals surface area contributed by atoms with Gasteiger partial charge in [0.2, 0.25) is 5.91 Å². The van der Waals surface area contributed by atoms with Crippen molar-refractivity contribution in [2.45, 2.75) is 32.2 Å². The van der Waals surface area contributed by atoms with Crippen molar-refractivity contribution < 1.29 is 9.53 Å². The van der Waals surface area contributed by atoms with Crippen molar-refractivity contribution in [2.75, 3.05) is 7.11 Å². The minimum atomic E-state index is -0.276. The van der Waals surface area contributed by atoms with Crippen molar-refractivity contribution in [3.63, 3.8) is 0 Å². The molecule has 0 saturated heterocycles. The number of nitrogens with zero attached hydrogens (tertiary/aromatic N) is 2. The van der Waals surface area contributed by atoms with E-state index in [0.29, 0.717) is 19.6 Å². The number of amides is 1. The van der Waals surface area contributed by atoms with Gasteiger partial charge in [-0.15, -0.1) is 11.3 Å². The van der Waals surface area contributed by atoms with Crippen molar-refractivity contribution in [1.29, 1.82) is 0 Å². The summed E-state index contributed by atoms with van der Waals surface area (Å²) in [4.78, 5) is 18.5. The molecule has 1 aromatic heterocycles. The van der Waals surface area contributed by atoms with Crippen molar-refractivity contribution in [3.8, 4) is 0 Å². The van der Waals surface area contributed by atoms with Gasteiger partial charge in [0.05, 0.1) is 18.3 Å². The van der Waals surface area contributed by atoms with Gasteiger partial charge in [-0.05, 0) is 17.5 Å². The van der Waals surface area contributed by atoms with Gasteiger partial charge in [-0.2, -0.15) is 0 Å². The van der Waals surface area contributed by atoms with Crippen LogP contribution in [0.5, 0.6) is 0 Å². The van der Waals surface area contributed by atoms with E-state index in [1.54, 1.807) is 18.4 Å². The Labute approximate surface area is 133 Å². The van der Waals surface area contributed by atoms with Crippen LogP contribution in [0.1, 0.15) is 21.8 Å². The molecule has 0 fully saturated rings. The predicted molar refractivity (Wildman–Crippen MR) is 85.2 cm³/mol. The van der Waals surface area contributed by atoms with Crippen LogP contribution in [0.2, 0.25) is 0 Å². The van der Waals surface area contributed by atoms with Crippen LogP contribution in [-0.4, -0.2) is 28.9 Å². The maximum atomic E-state index is 11.8. The molecular formula is C16H19N3O2S. The fraction of sp³-hybridized carbons (Fsp3) is 0.375. The third-order valence-electron chi connectivity index (χ3n) is 3.91. The molecule has 6 heteroatoms. The van der Waals surface area contributed by atoms with Crippen molar-refractivity contribution in [2.24, 2.45) is 5.73 Å². The van der Waals surface area contributed by atoms with Crippen molar-refractivity contribution in [3.05, 3.63) is 51.5 Å². The summed E-state index contributed by atoms with van der Waals surface area (Å²) < 4.78 is 5.10. The summed E-state index contributed by atoms with van der Waals surface area (Å²) >= 11 is 1.58. The van der Waals surface area contributed by atoms with E-state index < -0.39 is 0 Å². The molecule has 1 atom stereocenters. The average Bonchev–Trinajstić information content (AvgIpc) is 2.94. The molecule has 0 saturated carbocycles. The third kappa shape index (κ3) is 3.19. The predicted octanol–water partition coefficient (Wildman–Crippen LogP) is 1.70. The second kappa shape index (κ2) is 6.56. The van der Waals surface area contributed by atoms with E-state index in [0.717, 1.165) is 17.2 Å². The largest absolute Gasteiger partial charge is 0.378 e. The number of primary amides is 1. The Kier molecular flexibility index (Phi) is 4.52. The van der Waals surface area contributed by atoms with Gasteiger partial charge < -0.3 is 10.5 Å². The lowest BCUT2D eigenvalue weighted by Gasteiger charge is -2.34. The molecule has 1 amide bonds. The molecule has 2 heterocycles. The summed E-state index contributed by atoms with van der Waals surface area (Å²) in [7, 11) is 1.66. The van der Waals surface area contributed by atoms with Crippen LogP contribution in [0.25, 0.3) is 0 Å².